The fourth-order valence-electron chi connectivity index (χ4n) is 1.96. The van der Waals surface area contributed by atoms with Gasteiger partial charge in [0.15, 0.2) is 11.6 Å². The molecule has 0 aliphatic carbocycles. The van der Waals surface area contributed by atoms with Crippen molar-refractivity contribution in [2.75, 3.05) is 12.9 Å². The van der Waals surface area contributed by atoms with Gasteiger partial charge in [0.2, 0.25) is 0 Å². The lowest BCUT2D eigenvalue weighted by Crippen LogP contribution is -2.25. The SMILES string of the molecule is COc1ccc(CC(N)CSc2ccccc2Br)cc1F. The van der Waals surface area contributed by atoms with Crippen LogP contribution in [-0.2, 0) is 6.42 Å². The third-order valence-electron chi connectivity index (χ3n) is 3.00. The first kappa shape index (κ1) is 16.3. The van der Waals surface area contributed by atoms with Gasteiger partial charge in [-0.25, -0.2) is 4.39 Å². The van der Waals surface area contributed by atoms with E-state index in [0.717, 1.165) is 20.7 Å². The summed E-state index contributed by atoms with van der Waals surface area (Å²) in [7, 11) is 1.46. The number of rotatable bonds is 6. The highest BCUT2D eigenvalue weighted by atomic mass is 79.9. The van der Waals surface area contributed by atoms with E-state index in [0.29, 0.717) is 6.42 Å². The van der Waals surface area contributed by atoms with Crippen molar-refractivity contribution >= 4 is 27.7 Å². The van der Waals surface area contributed by atoms with Gasteiger partial charge in [-0.15, -0.1) is 11.8 Å². The molecule has 21 heavy (non-hydrogen) atoms. The molecule has 112 valence electrons. The molecular formula is C16H17BrFNOS. The Morgan fingerprint density at radius 3 is 2.71 bits per heavy atom. The summed E-state index contributed by atoms with van der Waals surface area (Å²) in [6.45, 7) is 0. The van der Waals surface area contributed by atoms with Crippen LogP contribution in [0.5, 0.6) is 5.75 Å². The lowest BCUT2D eigenvalue weighted by Gasteiger charge is -2.13. The number of benzene rings is 2. The molecule has 0 spiro atoms. The van der Waals surface area contributed by atoms with E-state index in [1.54, 1.807) is 17.8 Å². The molecular weight excluding hydrogens is 353 g/mol. The van der Waals surface area contributed by atoms with Crippen LogP contribution in [0.1, 0.15) is 5.56 Å². The summed E-state index contributed by atoms with van der Waals surface area (Å²) in [5.74, 6) is 0.687. The number of hydrogen-bond donors (Lipinski definition) is 1. The third-order valence-corrected chi connectivity index (χ3v) is 5.22. The van der Waals surface area contributed by atoms with E-state index in [1.165, 1.54) is 13.2 Å². The third kappa shape index (κ3) is 4.73. The molecule has 1 unspecified atom stereocenters. The zero-order valence-electron chi connectivity index (χ0n) is 11.7. The normalized spacial score (nSPS) is 12.2. The van der Waals surface area contributed by atoms with Crippen LogP contribution in [0.4, 0.5) is 4.39 Å². The Balaban J connectivity index is 1.91. The highest BCUT2D eigenvalue weighted by molar-refractivity contribution is 9.10. The van der Waals surface area contributed by atoms with Gasteiger partial charge in [0.1, 0.15) is 0 Å². The zero-order chi connectivity index (χ0) is 15.2. The number of methoxy groups -OCH3 is 1. The molecule has 2 nitrogen and oxygen atoms in total. The molecule has 2 rings (SSSR count). The maximum Gasteiger partial charge on any atom is 0.165 e. The largest absolute Gasteiger partial charge is 0.494 e. The minimum atomic E-state index is -0.347. The number of hydrogen-bond acceptors (Lipinski definition) is 3. The van der Waals surface area contributed by atoms with E-state index in [1.807, 2.05) is 24.3 Å². The molecule has 0 amide bonds. The second-order valence-corrected chi connectivity index (χ2v) is 6.59. The molecule has 2 N–H and O–H groups in total. The van der Waals surface area contributed by atoms with Gasteiger partial charge >= 0.3 is 0 Å². The van der Waals surface area contributed by atoms with Crippen molar-refractivity contribution in [1.82, 2.24) is 0 Å². The lowest BCUT2D eigenvalue weighted by molar-refractivity contribution is 0.386. The lowest BCUT2D eigenvalue weighted by atomic mass is 10.1. The van der Waals surface area contributed by atoms with Crippen molar-refractivity contribution < 1.29 is 9.13 Å². The summed E-state index contributed by atoms with van der Waals surface area (Å²) in [6, 6.07) is 13.0. The highest BCUT2D eigenvalue weighted by Gasteiger charge is 2.09. The van der Waals surface area contributed by atoms with Crippen LogP contribution in [0.25, 0.3) is 0 Å². The Labute approximate surface area is 137 Å². The Bertz CT molecular complexity index is 609. The minimum absolute atomic E-state index is 0.0325. The van der Waals surface area contributed by atoms with Crippen molar-refractivity contribution in [3.8, 4) is 5.75 Å². The topological polar surface area (TPSA) is 35.2 Å². The Hall–Kier alpha value is -1.04. The summed E-state index contributed by atoms with van der Waals surface area (Å²) >= 11 is 5.21. The summed E-state index contributed by atoms with van der Waals surface area (Å²) in [5.41, 5.74) is 7.02. The number of ether oxygens (including phenoxy) is 1. The first-order valence-corrected chi connectivity index (χ1v) is 8.33. The molecule has 5 heteroatoms. The highest BCUT2D eigenvalue weighted by Crippen LogP contribution is 2.27. The molecule has 0 saturated carbocycles. The van der Waals surface area contributed by atoms with Crippen LogP contribution < -0.4 is 10.5 Å². The Morgan fingerprint density at radius 2 is 2.05 bits per heavy atom. The molecule has 1 atom stereocenters. The van der Waals surface area contributed by atoms with Crippen molar-refractivity contribution in [2.24, 2.45) is 5.73 Å². The first-order valence-electron chi connectivity index (χ1n) is 6.55. The average Bonchev–Trinajstić information content (AvgIpc) is 2.46. The second-order valence-electron chi connectivity index (χ2n) is 4.67. The van der Waals surface area contributed by atoms with Crippen LogP contribution in [0, 0.1) is 5.82 Å². The standard InChI is InChI=1S/C16H17BrFNOS/c1-20-15-7-6-11(9-14(15)18)8-12(19)10-21-16-5-3-2-4-13(16)17/h2-7,9,12H,8,10,19H2,1H3. The van der Waals surface area contributed by atoms with Gasteiger partial charge in [-0.1, -0.05) is 18.2 Å². The van der Waals surface area contributed by atoms with Gasteiger partial charge in [0, 0.05) is 21.2 Å². The molecule has 0 saturated heterocycles. The molecule has 0 aromatic heterocycles. The van der Waals surface area contributed by atoms with E-state index in [2.05, 4.69) is 22.0 Å². The van der Waals surface area contributed by atoms with E-state index in [9.17, 15) is 4.39 Å². The van der Waals surface area contributed by atoms with Gasteiger partial charge < -0.3 is 10.5 Å². The molecule has 2 aromatic rings. The predicted molar refractivity (Wildman–Crippen MR) is 89.5 cm³/mol. The van der Waals surface area contributed by atoms with Crippen LogP contribution in [0.2, 0.25) is 0 Å². The first-order chi connectivity index (χ1) is 10.1. The van der Waals surface area contributed by atoms with Crippen LogP contribution in [-0.4, -0.2) is 18.9 Å². The molecule has 0 aliphatic rings. The van der Waals surface area contributed by atoms with Crippen LogP contribution >= 0.6 is 27.7 Å². The van der Waals surface area contributed by atoms with Crippen LogP contribution in [0.3, 0.4) is 0 Å². The molecule has 2 aromatic carbocycles. The smallest absolute Gasteiger partial charge is 0.165 e. The van der Waals surface area contributed by atoms with Crippen molar-refractivity contribution in [3.05, 3.63) is 58.3 Å². The molecule has 0 aliphatic heterocycles. The van der Waals surface area contributed by atoms with E-state index >= 15 is 0 Å². The van der Waals surface area contributed by atoms with Crippen molar-refractivity contribution in [2.45, 2.75) is 17.4 Å². The molecule has 0 heterocycles. The average molecular weight is 370 g/mol. The van der Waals surface area contributed by atoms with Gasteiger partial charge in [-0.2, -0.15) is 0 Å². The zero-order valence-corrected chi connectivity index (χ0v) is 14.1. The van der Waals surface area contributed by atoms with Gasteiger partial charge in [0.25, 0.3) is 0 Å². The van der Waals surface area contributed by atoms with Gasteiger partial charge in [0.05, 0.1) is 7.11 Å². The monoisotopic (exact) mass is 369 g/mol. The Morgan fingerprint density at radius 1 is 1.29 bits per heavy atom. The van der Waals surface area contributed by atoms with E-state index < -0.39 is 0 Å². The van der Waals surface area contributed by atoms with Gasteiger partial charge in [-0.05, 0) is 52.2 Å². The molecule has 0 bridgehead atoms. The molecule has 0 radical (unpaired) electrons. The summed E-state index contributed by atoms with van der Waals surface area (Å²) in [4.78, 5) is 1.16. The van der Waals surface area contributed by atoms with Crippen molar-refractivity contribution in [3.63, 3.8) is 0 Å². The fraction of sp³-hybridized carbons (Fsp3) is 0.250. The Kier molecular flexibility index (Phi) is 6.08. The number of nitrogens with two attached hydrogens (primary N) is 1. The van der Waals surface area contributed by atoms with E-state index in [4.69, 9.17) is 10.5 Å². The fourth-order valence-corrected chi connectivity index (χ4v) is 3.48. The summed E-state index contributed by atoms with van der Waals surface area (Å²) < 4.78 is 19.6. The molecule has 0 fully saturated rings. The van der Waals surface area contributed by atoms with Gasteiger partial charge in [-0.3, -0.25) is 0 Å². The van der Waals surface area contributed by atoms with E-state index in [-0.39, 0.29) is 17.6 Å². The van der Waals surface area contributed by atoms with Crippen LogP contribution in [0.15, 0.2) is 51.8 Å². The maximum atomic E-state index is 13.6. The number of thioether (sulfide) groups is 1. The second kappa shape index (κ2) is 7.82. The summed E-state index contributed by atoms with van der Waals surface area (Å²) in [6.07, 6.45) is 0.637. The quantitative estimate of drug-likeness (QED) is 0.772. The minimum Gasteiger partial charge on any atom is -0.494 e. The van der Waals surface area contributed by atoms with Crippen molar-refractivity contribution in [1.29, 1.82) is 0 Å². The maximum absolute atomic E-state index is 13.6. The predicted octanol–water partition coefficient (Wildman–Crippen LogP) is 4.26. The summed E-state index contributed by atoms with van der Waals surface area (Å²) in [5, 5.41) is 0. The number of halogens is 2.